The van der Waals surface area contributed by atoms with E-state index in [-0.39, 0.29) is 18.6 Å². The molecule has 1 aromatic rings. The Labute approximate surface area is 104 Å². The summed E-state index contributed by atoms with van der Waals surface area (Å²) < 4.78 is 0. The Bertz CT molecular complexity index is 282. The molecule has 0 aromatic heterocycles. The lowest BCUT2D eigenvalue weighted by molar-refractivity contribution is 0.109. The lowest BCUT2D eigenvalue weighted by atomic mass is 9.92. The molecule has 0 bridgehead atoms. The van der Waals surface area contributed by atoms with Crippen LogP contribution in [0.5, 0.6) is 0 Å². The fourth-order valence-electron chi connectivity index (χ4n) is 2.35. The summed E-state index contributed by atoms with van der Waals surface area (Å²) in [7, 11) is 0. The fraction of sp³-hybridized carbons (Fsp3) is 0.571. The van der Waals surface area contributed by atoms with Gasteiger partial charge in [0.25, 0.3) is 0 Å². The second-order valence-electron chi connectivity index (χ2n) is 4.26. The molecule has 0 spiro atoms. The topological polar surface area (TPSA) is 49.5 Å². The van der Waals surface area contributed by atoms with E-state index >= 15 is 0 Å². The van der Waals surface area contributed by atoms with Gasteiger partial charge >= 0.3 is 0 Å². The van der Waals surface area contributed by atoms with Gasteiger partial charge in [0.15, 0.2) is 0 Å². The molecule has 0 aliphatic carbocycles. The molecule has 1 rings (SSSR count). The SMILES string of the molecule is CCN(CC)[C@@H](c1ccccc1)[C@H](CN)CO. The zero-order chi connectivity index (χ0) is 12.7. The van der Waals surface area contributed by atoms with E-state index in [0.717, 1.165) is 13.1 Å². The number of nitrogens with two attached hydrogens (primary N) is 1. The molecule has 0 saturated carbocycles. The number of hydrogen-bond donors (Lipinski definition) is 2. The van der Waals surface area contributed by atoms with E-state index in [1.165, 1.54) is 5.56 Å². The van der Waals surface area contributed by atoms with Gasteiger partial charge in [0.05, 0.1) is 0 Å². The van der Waals surface area contributed by atoms with Crippen molar-refractivity contribution in [1.82, 2.24) is 4.90 Å². The van der Waals surface area contributed by atoms with E-state index < -0.39 is 0 Å². The van der Waals surface area contributed by atoms with Crippen LogP contribution in [0.2, 0.25) is 0 Å². The van der Waals surface area contributed by atoms with Crippen molar-refractivity contribution in [3.8, 4) is 0 Å². The first-order valence-corrected chi connectivity index (χ1v) is 6.38. The van der Waals surface area contributed by atoms with Crippen LogP contribution in [0.4, 0.5) is 0 Å². The molecule has 0 aliphatic rings. The molecule has 17 heavy (non-hydrogen) atoms. The zero-order valence-electron chi connectivity index (χ0n) is 10.8. The number of aliphatic hydroxyl groups is 1. The van der Waals surface area contributed by atoms with Gasteiger partial charge in [0, 0.05) is 18.6 Å². The van der Waals surface area contributed by atoms with Crippen molar-refractivity contribution < 1.29 is 5.11 Å². The van der Waals surface area contributed by atoms with Gasteiger partial charge < -0.3 is 10.8 Å². The normalized spacial score (nSPS) is 14.9. The summed E-state index contributed by atoms with van der Waals surface area (Å²) in [6.07, 6.45) is 0. The Morgan fingerprint density at radius 2 is 1.76 bits per heavy atom. The summed E-state index contributed by atoms with van der Waals surface area (Å²) in [6, 6.07) is 10.5. The highest BCUT2D eigenvalue weighted by atomic mass is 16.3. The van der Waals surface area contributed by atoms with Gasteiger partial charge in [-0.05, 0) is 25.2 Å². The zero-order valence-corrected chi connectivity index (χ0v) is 10.8. The molecule has 0 radical (unpaired) electrons. The summed E-state index contributed by atoms with van der Waals surface area (Å²) in [6.45, 7) is 6.85. The van der Waals surface area contributed by atoms with Crippen LogP contribution in [-0.2, 0) is 0 Å². The van der Waals surface area contributed by atoms with E-state index in [4.69, 9.17) is 5.73 Å². The second-order valence-corrected chi connectivity index (χ2v) is 4.26. The standard InChI is InChI=1S/C14H24N2O/c1-3-16(4-2)14(13(10-15)11-17)12-8-6-5-7-9-12/h5-9,13-14,17H,3-4,10-11,15H2,1-2H3/t13-,14+/m1/s1. The third kappa shape index (κ3) is 3.53. The van der Waals surface area contributed by atoms with Crippen molar-refractivity contribution >= 4 is 0 Å². The summed E-state index contributed by atoms with van der Waals surface area (Å²) in [5.74, 6) is 0.0947. The summed E-state index contributed by atoms with van der Waals surface area (Å²) in [4.78, 5) is 2.35. The van der Waals surface area contributed by atoms with Gasteiger partial charge in [-0.15, -0.1) is 0 Å². The second kappa shape index (κ2) is 7.43. The first kappa shape index (κ1) is 14.2. The van der Waals surface area contributed by atoms with E-state index in [9.17, 15) is 5.11 Å². The molecule has 1 aromatic carbocycles. The molecule has 0 amide bonds. The first-order valence-electron chi connectivity index (χ1n) is 6.38. The van der Waals surface area contributed by atoms with Crippen LogP contribution in [0.3, 0.4) is 0 Å². The Hall–Kier alpha value is -0.900. The van der Waals surface area contributed by atoms with Gasteiger partial charge in [-0.3, -0.25) is 4.90 Å². The van der Waals surface area contributed by atoms with Crippen molar-refractivity contribution in [3.05, 3.63) is 35.9 Å². The number of nitrogens with zero attached hydrogens (tertiary/aromatic N) is 1. The van der Waals surface area contributed by atoms with Crippen molar-refractivity contribution in [1.29, 1.82) is 0 Å². The molecule has 3 nitrogen and oxygen atoms in total. The van der Waals surface area contributed by atoms with Gasteiger partial charge in [0.2, 0.25) is 0 Å². The quantitative estimate of drug-likeness (QED) is 0.756. The van der Waals surface area contributed by atoms with Crippen molar-refractivity contribution in [3.63, 3.8) is 0 Å². The van der Waals surface area contributed by atoms with Crippen LogP contribution >= 0.6 is 0 Å². The summed E-state index contributed by atoms with van der Waals surface area (Å²) in [5, 5.41) is 9.49. The Balaban J connectivity index is 3.01. The minimum absolute atomic E-state index is 0.0947. The molecule has 0 saturated heterocycles. The molecule has 0 aliphatic heterocycles. The van der Waals surface area contributed by atoms with Crippen molar-refractivity contribution in [2.45, 2.75) is 19.9 Å². The van der Waals surface area contributed by atoms with Gasteiger partial charge in [0.1, 0.15) is 0 Å². The molecule has 3 heteroatoms. The monoisotopic (exact) mass is 236 g/mol. The molecule has 0 fully saturated rings. The molecule has 3 N–H and O–H groups in total. The van der Waals surface area contributed by atoms with Crippen LogP contribution in [0.25, 0.3) is 0 Å². The number of rotatable bonds is 7. The van der Waals surface area contributed by atoms with E-state index in [1.54, 1.807) is 0 Å². The maximum Gasteiger partial charge on any atom is 0.0489 e. The fourth-order valence-corrected chi connectivity index (χ4v) is 2.35. The Kier molecular flexibility index (Phi) is 6.19. The van der Waals surface area contributed by atoms with E-state index in [0.29, 0.717) is 6.54 Å². The predicted molar refractivity (Wildman–Crippen MR) is 71.7 cm³/mol. The van der Waals surface area contributed by atoms with Gasteiger partial charge in [-0.2, -0.15) is 0 Å². The molecular weight excluding hydrogens is 212 g/mol. The van der Waals surface area contributed by atoms with Gasteiger partial charge in [-0.1, -0.05) is 44.2 Å². The number of hydrogen-bond acceptors (Lipinski definition) is 3. The number of aliphatic hydroxyl groups excluding tert-OH is 1. The average Bonchev–Trinajstić information content (AvgIpc) is 2.40. The van der Waals surface area contributed by atoms with Crippen LogP contribution in [0.1, 0.15) is 25.5 Å². The first-order chi connectivity index (χ1) is 8.28. The molecule has 0 unspecified atom stereocenters. The van der Waals surface area contributed by atoms with Gasteiger partial charge in [-0.25, -0.2) is 0 Å². The Morgan fingerprint density at radius 3 is 2.18 bits per heavy atom. The third-order valence-corrected chi connectivity index (χ3v) is 3.33. The van der Waals surface area contributed by atoms with Crippen LogP contribution in [0, 0.1) is 5.92 Å². The Morgan fingerprint density at radius 1 is 1.18 bits per heavy atom. The van der Waals surface area contributed by atoms with E-state index in [1.807, 2.05) is 18.2 Å². The van der Waals surface area contributed by atoms with E-state index in [2.05, 4.69) is 30.9 Å². The average molecular weight is 236 g/mol. The maximum atomic E-state index is 9.49. The largest absolute Gasteiger partial charge is 0.396 e. The minimum atomic E-state index is 0.0947. The molecule has 0 heterocycles. The van der Waals surface area contributed by atoms with Crippen molar-refractivity contribution in [2.24, 2.45) is 11.7 Å². The number of benzene rings is 1. The smallest absolute Gasteiger partial charge is 0.0489 e. The maximum absolute atomic E-state index is 9.49. The molecular formula is C14H24N2O. The highest BCUT2D eigenvalue weighted by molar-refractivity contribution is 5.20. The van der Waals surface area contributed by atoms with Crippen LogP contribution in [-0.4, -0.2) is 36.2 Å². The summed E-state index contributed by atoms with van der Waals surface area (Å²) >= 11 is 0. The predicted octanol–water partition coefficient (Wildman–Crippen LogP) is 1.64. The highest BCUT2D eigenvalue weighted by Gasteiger charge is 2.25. The van der Waals surface area contributed by atoms with Crippen LogP contribution < -0.4 is 5.73 Å². The molecule has 2 atom stereocenters. The molecule has 96 valence electrons. The lowest BCUT2D eigenvalue weighted by Crippen LogP contribution is -2.38. The minimum Gasteiger partial charge on any atom is -0.396 e. The highest BCUT2D eigenvalue weighted by Crippen LogP contribution is 2.27. The lowest BCUT2D eigenvalue weighted by Gasteiger charge is -2.35. The summed E-state index contributed by atoms with van der Waals surface area (Å²) in [5.41, 5.74) is 7.02. The van der Waals surface area contributed by atoms with Crippen LogP contribution in [0.15, 0.2) is 30.3 Å². The van der Waals surface area contributed by atoms with Crippen molar-refractivity contribution in [2.75, 3.05) is 26.2 Å². The third-order valence-electron chi connectivity index (χ3n) is 3.33.